The molecule has 0 radical (unpaired) electrons. The number of aliphatic hydroxyl groups excluding tert-OH is 1. The number of halogens is 7. The van der Waals surface area contributed by atoms with E-state index in [0.29, 0.717) is 0 Å². The van der Waals surface area contributed by atoms with Crippen molar-refractivity contribution in [1.82, 2.24) is 0 Å². The highest BCUT2D eigenvalue weighted by atomic mass is 35.5. The average molecular weight is 367 g/mol. The van der Waals surface area contributed by atoms with E-state index in [1.54, 1.807) is 0 Å². The molecule has 2 aliphatic rings. The van der Waals surface area contributed by atoms with E-state index < -0.39 is 25.9 Å². The Bertz CT molecular complexity index is 375. The Kier molecular flexibility index (Phi) is 3.39. The lowest BCUT2D eigenvalue weighted by molar-refractivity contribution is 0.153. The molecular weight excluding hydrogens is 364 g/mol. The van der Waals surface area contributed by atoms with Gasteiger partial charge >= 0.3 is 0 Å². The third-order valence-electron chi connectivity index (χ3n) is 2.63. The second kappa shape index (κ2) is 3.84. The van der Waals surface area contributed by atoms with E-state index in [1.165, 1.54) is 0 Å². The summed E-state index contributed by atoms with van der Waals surface area (Å²) in [6, 6.07) is 0. The number of epoxide rings is 1. The van der Waals surface area contributed by atoms with Crippen LogP contribution in [0.5, 0.6) is 0 Å². The maximum atomic E-state index is 9.88. The van der Waals surface area contributed by atoms with Gasteiger partial charge < -0.3 is 9.84 Å². The van der Waals surface area contributed by atoms with Crippen molar-refractivity contribution in [1.29, 1.82) is 0 Å². The molecule has 1 aliphatic heterocycles. The molecule has 0 aromatic carbocycles. The van der Waals surface area contributed by atoms with Gasteiger partial charge in [-0.05, 0) is 0 Å². The molecule has 1 spiro atoms. The monoisotopic (exact) mass is 364 g/mol. The van der Waals surface area contributed by atoms with Crippen molar-refractivity contribution in [2.75, 3.05) is 0 Å². The van der Waals surface area contributed by atoms with E-state index in [9.17, 15) is 5.11 Å². The molecule has 0 aromatic rings. The maximum Gasteiger partial charge on any atom is 0.183 e. The van der Waals surface area contributed by atoms with Gasteiger partial charge in [0.2, 0.25) is 0 Å². The summed E-state index contributed by atoms with van der Waals surface area (Å²) in [6.07, 6.45) is -1.54. The second-order valence-electron chi connectivity index (χ2n) is 3.45. The Hall–Kier alpha value is 1.69. The first-order chi connectivity index (χ1) is 7.10. The molecule has 1 saturated carbocycles. The summed E-state index contributed by atoms with van der Waals surface area (Å²) in [5, 5.41) is 9.88. The van der Waals surface area contributed by atoms with Gasteiger partial charge in [-0.1, -0.05) is 81.2 Å². The van der Waals surface area contributed by atoms with Gasteiger partial charge in [-0.2, -0.15) is 0 Å². The first kappa shape index (κ1) is 14.1. The molecule has 0 bridgehead atoms. The van der Waals surface area contributed by atoms with E-state index >= 15 is 0 Å². The first-order valence-corrected chi connectivity index (χ1v) is 6.62. The summed E-state index contributed by atoms with van der Waals surface area (Å²) in [5.74, 6) is 0. The number of aliphatic hydroxyl groups is 1. The summed E-state index contributed by atoms with van der Waals surface area (Å²) in [4.78, 5) is 0. The third-order valence-corrected chi connectivity index (χ3v) is 5.17. The molecule has 2 unspecified atom stereocenters. The van der Waals surface area contributed by atoms with Crippen molar-refractivity contribution in [2.24, 2.45) is 0 Å². The Labute approximate surface area is 126 Å². The van der Waals surface area contributed by atoms with Crippen molar-refractivity contribution < 1.29 is 9.84 Å². The fraction of sp³-hybridized carbons (Fsp3) is 0.714. The summed E-state index contributed by atoms with van der Waals surface area (Å²) in [6.45, 7) is 0. The van der Waals surface area contributed by atoms with E-state index in [0.717, 1.165) is 0 Å². The van der Waals surface area contributed by atoms with Crippen LogP contribution in [0.2, 0.25) is 0 Å². The number of hydrogen-bond acceptors (Lipinski definition) is 2. The maximum absolute atomic E-state index is 9.88. The van der Waals surface area contributed by atoms with Crippen LogP contribution >= 0.6 is 81.2 Å². The van der Waals surface area contributed by atoms with Gasteiger partial charge in [0, 0.05) is 5.57 Å². The molecule has 3 atom stereocenters. The highest BCUT2D eigenvalue weighted by Crippen LogP contribution is 2.71. The van der Waals surface area contributed by atoms with Crippen molar-refractivity contribution in [3.8, 4) is 0 Å². The van der Waals surface area contributed by atoms with E-state index in [1.807, 2.05) is 0 Å². The largest absolute Gasteiger partial charge is 0.386 e. The molecule has 2 fully saturated rings. The number of rotatable bonds is 0. The fourth-order valence-electron chi connectivity index (χ4n) is 1.78. The number of alkyl halides is 5. The fourth-order valence-corrected chi connectivity index (χ4v) is 4.91. The zero-order valence-corrected chi connectivity index (χ0v) is 12.4. The van der Waals surface area contributed by atoms with Crippen LogP contribution in [0.3, 0.4) is 0 Å². The van der Waals surface area contributed by atoms with Gasteiger partial charge in [0.15, 0.2) is 19.8 Å². The quantitative estimate of drug-likeness (QED) is 0.523. The lowest BCUT2D eigenvalue weighted by Crippen LogP contribution is -2.41. The lowest BCUT2D eigenvalue weighted by Gasteiger charge is -2.23. The summed E-state index contributed by atoms with van der Waals surface area (Å²) in [5.41, 5.74) is -2.39. The first-order valence-electron chi connectivity index (χ1n) is 3.92. The van der Waals surface area contributed by atoms with E-state index in [4.69, 9.17) is 85.9 Å². The molecule has 1 saturated heterocycles. The van der Waals surface area contributed by atoms with Gasteiger partial charge in [0.25, 0.3) is 0 Å². The molecule has 2 nitrogen and oxygen atoms in total. The van der Waals surface area contributed by atoms with Crippen molar-refractivity contribution in [3.05, 3.63) is 10.1 Å². The standard InChI is InChI=1S/C7H3Cl7O2/c8-2(9)1-5(4(10)16-5)7(13,14)3(15)6(1,11)12/h3-4,15H/t3-,4?,5?/m0/s1. The molecule has 9 heteroatoms. The minimum absolute atomic E-state index is 0.0239. The highest BCUT2D eigenvalue weighted by molar-refractivity contribution is 6.62. The van der Waals surface area contributed by atoms with E-state index in [2.05, 4.69) is 0 Å². The van der Waals surface area contributed by atoms with Crippen LogP contribution < -0.4 is 0 Å². The van der Waals surface area contributed by atoms with E-state index in [-0.39, 0.29) is 10.1 Å². The van der Waals surface area contributed by atoms with Crippen LogP contribution in [-0.2, 0) is 4.74 Å². The topological polar surface area (TPSA) is 32.8 Å². The summed E-state index contributed by atoms with van der Waals surface area (Å²) in [7, 11) is 0. The third kappa shape index (κ3) is 1.49. The molecule has 1 heterocycles. The van der Waals surface area contributed by atoms with Crippen LogP contribution in [0.15, 0.2) is 10.1 Å². The van der Waals surface area contributed by atoms with Crippen molar-refractivity contribution >= 4 is 81.2 Å². The summed E-state index contributed by atoms with van der Waals surface area (Å²) >= 11 is 40.9. The van der Waals surface area contributed by atoms with Crippen molar-refractivity contribution in [3.63, 3.8) is 0 Å². The Morgan fingerprint density at radius 2 is 1.62 bits per heavy atom. The predicted molar refractivity (Wildman–Crippen MR) is 67.1 cm³/mol. The minimum Gasteiger partial charge on any atom is -0.386 e. The molecule has 2 rings (SSSR count). The molecule has 92 valence electrons. The molecular formula is C7H3Cl7O2. The normalized spacial score (nSPS) is 43.9. The van der Waals surface area contributed by atoms with Crippen molar-refractivity contribution in [2.45, 2.75) is 25.9 Å². The second-order valence-corrected chi connectivity index (χ2v) is 7.57. The highest BCUT2D eigenvalue weighted by Gasteiger charge is 2.83. The van der Waals surface area contributed by atoms with Crippen LogP contribution in [0.4, 0.5) is 0 Å². The Morgan fingerprint density at radius 1 is 1.19 bits per heavy atom. The lowest BCUT2D eigenvalue weighted by atomic mass is 10.0. The van der Waals surface area contributed by atoms with Gasteiger partial charge in [-0.25, -0.2) is 0 Å². The molecule has 1 aliphatic carbocycles. The zero-order valence-electron chi connectivity index (χ0n) is 7.16. The molecule has 16 heavy (non-hydrogen) atoms. The summed E-state index contributed by atoms with van der Waals surface area (Å²) < 4.78 is 1.14. The number of hydrogen-bond donors (Lipinski definition) is 1. The predicted octanol–water partition coefficient (Wildman–Crippen LogP) is 3.73. The number of ether oxygens (including phenoxy) is 1. The van der Waals surface area contributed by atoms with Crippen LogP contribution in [-0.4, -0.2) is 31.0 Å². The zero-order chi connectivity index (χ0) is 12.5. The molecule has 1 N–H and O–H groups in total. The smallest absolute Gasteiger partial charge is 0.183 e. The van der Waals surface area contributed by atoms with Crippen LogP contribution in [0, 0.1) is 0 Å². The van der Waals surface area contributed by atoms with Crippen LogP contribution in [0.1, 0.15) is 0 Å². The average Bonchev–Trinajstić information content (AvgIpc) is 2.73. The molecule has 0 amide bonds. The van der Waals surface area contributed by atoms with Crippen LogP contribution in [0.25, 0.3) is 0 Å². The Morgan fingerprint density at radius 3 is 1.88 bits per heavy atom. The SMILES string of the molecule is O[C@H]1C(Cl)(Cl)C(=C(Cl)Cl)C2(OC2Cl)C1(Cl)Cl. The van der Waals surface area contributed by atoms with Gasteiger partial charge in [-0.15, -0.1) is 0 Å². The van der Waals surface area contributed by atoms with Gasteiger partial charge in [0.1, 0.15) is 10.6 Å². The van der Waals surface area contributed by atoms with Gasteiger partial charge in [0.05, 0.1) is 0 Å². The minimum atomic E-state index is -1.86. The Balaban J connectivity index is 2.66. The van der Waals surface area contributed by atoms with Gasteiger partial charge in [-0.3, -0.25) is 0 Å². The molecule has 0 aromatic heterocycles.